The fourth-order valence-electron chi connectivity index (χ4n) is 2.87. The van der Waals surface area contributed by atoms with Crippen molar-refractivity contribution in [3.8, 4) is 0 Å². The molecule has 2 atom stereocenters. The van der Waals surface area contributed by atoms with Crippen LogP contribution in [-0.4, -0.2) is 35.0 Å². The fraction of sp³-hybridized carbons (Fsp3) is 0.667. The van der Waals surface area contributed by atoms with Gasteiger partial charge in [-0.15, -0.1) is 0 Å². The summed E-state index contributed by atoms with van der Waals surface area (Å²) in [6, 6.07) is 1.67. The van der Waals surface area contributed by atoms with Gasteiger partial charge in [0.15, 0.2) is 5.82 Å². The van der Waals surface area contributed by atoms with E-state index in [0.717, 1.165) is 25.9 Å². The minimum Gasteiger partial charge on any atom is -0.360 e. The van der Waals surface area contributed by atoms with Gasteiger partial charge >= 0.3 is 0 Å². The van der Waals surface area contributed by atoms with Crippen LogP contribution in [0.15, 0.2) is 10.6 Å². The molecule has 1 aromatic rings. The molecule has 1 aliphatic heterocycles. The molecule has 0 aromatic carbocycles. The summed E-state index contributed by atoms with van der Waals surface area (Å²) in [5.41, 5.74) is 0. The van der Waals surface area contributed by atoms with Crippen LogP contribution < -0.4 is 5.32 Å². The topological polar surface area (TPSA) is 75.4 Å². The Morgan fingerprint density at radius 3 is 2.67 bits per heavy atom. The van der Waals surface area contributed by atoms with Crippen LogP contribution in [0.4, 0.5) is 5.82 Å². The molecule has 1 saturated heterocycles. The average molecular weight is 291 g/mol. The number of hydrogen-bond acceptors (Lipinski definition) is 4. The Hall–Kier alpha value is -1.85. The number of carbonyl (C=O) groups excluding carboxylic acids is 2. The van der Waals surface area contributed by atoms with Gasteiger partial charge in [-0.25, -0.2) is 0 Å². The lowest BCUT2D eigenvalue weighted by atomic mass is 9.99. The molecule has 0 spiro atoms. The minimum atomic E-state index is -0.214. The van der Waals surface area contributed by atoms with Gasteiger partial charge in [-0.05, 0) is 32.1 Å². The standard InChI is InChI=1S/C15H21N3O3/c1-9-3-5-18(6-4-9)15(20)12-8-11(12)14(19)16-13-7-10(2)21-17-13/h7,9,11-12H,3-6,8H2,1-2H3,(H,16,17,19). The molecule has 2 fully saturated rings. The summed E-state index contributed by atoms with van der Waals surface area (Å²) in [6.45, 7) is 5.64. The Morgan fingerprint density at radius 2 is 2.05 bits per heavy atom. The number of carbonyl (C=O) groups is 2. The minimum absolute atomic E-state index is 0.132. The number of likely N-dealkylation sites (tertiary alicyclic amines) is 1. The number of nitrogens with one attached hydrogen (secondary N) is 1. The van der Waals surface area contributed by atoms with E-state index in [0.29, 0.717) is 23.9 Å². The van der Waals surface area contributed by atoms with Gasteiger partial charge in [0, 0.05) is 19.2 Å². The molecular formula is C15H21N3O3. The summed E-state index contributed by atoms with van der Waals surface area (Å²) in [6.07, 6.45) is 2.77. The quantitative estimate of drug-likeness (QED) is 0.921. The lowest BCUT2D eigenvalue weighted by Crippen LogP contribution is -2.39. The second-order valence-electron chi connectivity index (χ2n) is 6.27. The highest BCUT2D eigenvalue weighted by molar-refractivity contribution is 5.99. The number of hydrogen-bond donors (Lipinski definition) is 1. The first kappa shape index (κ1) is 14.1. The Bertz CT molecular complexity index is 546. The van der Waals surface area contributed by atoms with E-state index in [2.05, 4.69) is 17.4 Å². The lowest BCUT2D eigenvalue weighted by Gasteiger charge is -2.30. The zero-order valence-corrected chi connectivity index (χ0v) is 12.5. The molecule has 1 aromatic heterocycles. The van der Waals surface area contributed by atoms with E-state index < -0.39 is 0 Å². The molecule has 6 heteroatoms. The van der Waals surface area contributed by atoms with Crippen molar-refractivity contribution in [2.45, 2.75) is 33.1 Å². The number of aromatic nitrogens is 1. The summed E-state index contributed by atoms with van der Waals surface area (Å²) >= 11 is 0. The third-order valence-electron chi connectivity index (χ3n) is 4.42. The van der Waals surface area contributed by atoms with Crippen molar-refractivity contribution in [1.29, 1.82) is 0 Å². The number of rotatable bonds is 3. The number of anilines is 1. The van der Waals surface area contributed by atoms with E-state index in [1.807, 2.05) is 4.90 Å². The first-order valence-electron chi connectivity index (χ1n) is 7.57. The van der Waals surface area contributed by atoms with Crippen LogP contribution in [-0.2, 0) is 9.59 Å². The van der Waals surface area contributed by atoms with E-state index in [9.17, 15) is 9.59 Å². The molecule has 6 nitrogen and oxygen atoms in total. The van der Waals surface area contributed by atoms with E-state index in [1.165, 1.54) is 0 Å². The Morgan fingerprint density at radius 1 is 1.33 bits per heavy atom. The van der Waals surface area contributed by atoms with Gasteiger partial charge in [0.25, 0.3) is 0 Å². The van der Waals surface area contributed by atoms with Gasteiger partial charge in [0.1, 0.15) is 5.76 Å². The van der Waals surface area contributed by atoms with Gasteiger partial charge in [-0.2, -0.15) is 0 Å². The van der Waals surface area contributed by atoms with Gasteiger partial charge in [-0.1, -0.05) is 12.1 Å². The molecule has 0 radical (unpaired) electrons. The maximum absolute atomic E-state index is 12.4. The van der Waals surface area contributed by atoms with Crippen LogP contribution in [0, 0.1) is 24.7 Å². The molecular weight excluding hydrogens is 270 g/mol. The number of nitrogens with zero attached hydrogens (tertiary/aromatic N) is 2. The average Bonchev–Trinajstić information content (AvgIpc) is 3.17. The maximum atomic E-state index is 12.4. The molecule has 21 heavy (non-hydrogen) atoms. The molecule has 1 aliphatic carbocycles. The van der Waals surface area contributed by atoms with Gasteiger partial charge in [0.05, 0.1) is 11.8 Å². The molecule has 1 saturated carbocycles. The van der Waals surface area contributed by atoms with Crippen molar-refractivity contribution < 1.29 is 14.1 Å². The van der Waals surface area contributed by atoms with Gasteiger partial charge < -0.3 is 14.7 Å². The molecule has 2 unspecified atom stereocenters. The van der Waals surface area contributed by atoms with Crippen LogP contribution in [0.1, 0.15) is 31.9 Å². The van der Waals surface area contributed by atoms with E-state index in [-0.39, 0.29) is 23.7 Å². The summed E-state index contributed by atoms with van der Waals surface area (Å²) in [5.74, 6) is 1.41. The van der Waals surface area contributed by atoms with Crippen LogP contribution >= 0.6 is 0 Å². The molecule has 0 bridgehead atoms. The van der Waals surface area contributed by atoms with Crippen molar-refractivity contribution in [3.63, 3.8) is 0 Å². The van der Waals surface area contributed by atoms with Crippen LogP contribution in [0.5, 0.6) is 0 Å². The van der Waals surface area contributed by atoms with Crippen molar-refractivity contribution in [2.75, 3.05) is 18.4 Å². The van der Waals surface area contributed by atoms with Crippen molar-refractivity contribution in [1.82, 2.24) is 10.1 Å². The number of aryl methyl sites for hydroxylation is 1. The predicted octanol–water partition coefficient (Wildman–Crippen LogP) is 1.82. The van der Waals surface area contributed by atoms with E-state index in [1.54, 1.807) is 13.0 Å². The number of amides is 2. The predicted molar refractivity (Wildman–Crippen MR) is 76.4 cm³/mol. The highest BCUT2D eigenvalue weighted by Crippen LogP contribution is 2.41. The van der Waals surface area contributed by atoms with Gasteiger partial charge in [-0.3, -0.25) is 9.59 Å². The zero-order valence-electron chi connectivity index (χ0n) is 12.5. The summed E-state index contributed by atoms with van der Waals surface area (Å²) in [7, 11) is 0. The SMILES string of the molecule is Cc1cc(NC(=O)C2CC2C(=O)N2CCC(C)CC2)no1. The molecule has 114 valence electrons. The molecule has 1 N–H and O–H groups in total. The molecule has 3 rings (SSSR count). The lowest BCUT2D eigenvalue weighted by molar-refractivity contribution is -0.135. The van der Waals surface area contributed by atoms with Crippen LogP contribution in [0.3, 0.4) is 0 Å². The van der Waals surface area contributed by atoms with Gasteiger partial charge in [0.2, 0.25) is 11.8 Å². The Labute approximate surface area is 123 Å². The Balaban J connectivity index is 1.51. The summed E-state index contributed by atoms with van der Waals surface area (Å²) in [5, 5.41) is 6.44. The largest absolute Gasteiger partial charge is 0.360 e. The highest BCUT2D eigenvalue weighted by Gasteiger charge is 2.49. The third kappa shape index (κ3) is 3.09. The molecule has 2 heterocycles. The molecule has 2 amide bonds. The Kier molecular flexibility index (Phi) is 3.69. The second kappa shape index (κ2) is 5.50. The third-order valence-corrected chi connectivity index (χ3v) is 4.42. The van der Waals surface area contributed by atoms with Crippen molar-refractivity contribution in [3.05, 3.63) is 11.8 Å². The highest BCUT2D eigenvalue weighted by atomic mass is 16.5. The second-order valence-corrected chi connectivity index (χ2v) is 6.27. The van der Waals surface area contributed by atoms with E-state index in [4.69, 9.17) is 4.52 Å². The fourth-order valence-corrected chi connectivity index (χ4v) is 2.87. The first-order valence-corrected chi connectivity index (χ1v) is 7.57. The smallest absolute Gasteiger partial charge is 0.229 e. The molecule has 2 aliphatic rings. The summed E-state index contributed by atoms with van der Waals surface area (Å²) < 4.78 is 4.91. The summed E-state index contributed by atoms with van der Waals surface area (Å²) in [4.78, 5) is 26.3. The maximum Gasteiger partial charge on any atom is 0.229 e. The first-order chi connectivity index (χ1) is 10.0. The number of piperidine rings is 1. The monoisotopic (exact) mass is 291 g/mol. The van der Waals surface area contributed by atoms with Crippen LogP contribution in [0.25, 0.3) is 0 Å². The normalized spacial score (nSPS) is 25.7. The van der Waals surface area contributed by atoms with Crippen molar-refractivity contribution in [2.24, 2.45) is 17.8 Å². The van der Waals surface area contributed by atoms with Crippen LogP contribution in [0.2, 0.25) is 0 Å². The van der Waals surface area contributed by atoms with Crippen molar-refractivity contribution >= 4 is 17.6 Å². The van der Waals surface area contributed by atoms with E-state index >= 15 is 0 Å². The zero-order chi connectivity index (χ0) is 15.0.